The molecule has 1 aliphatic rings. The fraction of sp³-hybridized carbons (Fsp3) is 0.357. The Morgan fingerprint density at radius 3 is 2.89 bits per heavy atom. The second-order valence-corrected chi connectivity index (χ2v) is 4.87. The van der Waals surface area contributed by atoms with Gasteiger partial charge in [0.15, 0.2) is 5.96 Å². The van der Waals surface area contributed by atoms with Gasteiger partial charge in [-0.2, -0.15) is 0 Å². The number of fused-ring (bicyclic) bond motifs is 3. The molecule has 0 amide bonds. The fourth-order valence-electron chi connectivity index (χ4n) is 2.85. The highest BCUT2D eigenvalue weighted by Gasteiger charge is 2.17. The number of hydrogen-bond acceptors (Lipinski definition) is 1. The summed E-state index contributed by atoms with van der Waals surface area (Å²) in [5.74, 6) is 0.149. The van der Waals surface area contributed by atoms with E-state index in [4.69, 9.17) is 11.5 Å². The van der Waals surface area contributed by atoms with E-state index in [1.807, 2.05) is 0 Å². The number of aromatic amines is 1. The van der Waals surface area contributed by atoms with Crippen LogP contribution in [0.15, 0.2) is 23.2 Å². The summed E-state index contributed by atoms with van der Waals surface area (Å²) in [7, 11) is 0. The van der Waals surface area contributed by atoms with Crippen molar-refractivity contribution in [3.8, 4) is 0 Å². The van der Waals surface area contributed by atoms with Crippen LogP contribution in [0, 0.1) is 0 Å². The molecule has 4 heteroatoms. The van der Waals surface area contributed by atoms with E-state index in [1.165, 1.54) is 40.6 Å². The molecular weight excluding hydrogens is 224 g/mol. The average Bonchev–Trinajstić information content (AvgIpc) is 2.75. The number of nitrogens with zero attached hydrogens (tertiary/aromatic N) is 1. The fourth-order valence-corrected chi connectivity index (χ4v) is 2.85. The van der Waals surface area contributed by atoms with E-state index in [9.17, 15) is 0 Å². The highest BCUT2D eigenvalue weighted by Crippen LogP contribution is 2.31. The predicted octanol–water partition coefficient (Wildman–Crippen LogP) is 1.82. The van der Waals surface area contributed by atoms with Crippen molar-refractivity contribution in [1.29, 1.82) is 0 Å². The quantitative estimate of drug-likeness (QED) is 0.554. The maximum atomic E-state index is 5.42. The number of rotatable bonds is 2. The van der Waals surface area contributed by atoms with Crippen LogP contribution in [0.1, 0.15) is 29.7 Å². The molecule has 0 spiro atoms. The van der Waals surface area contributed by atoms with Gasteiger partial charge in [0.25, 0.3) is 0 Å². The molecule has 18 heavy (non-hydrogen) atoms. The van der Waals surface area contributed by atoms with Crippen molar-refractivity contribution in [2.24, 2.45) is 16.5 Å². The van der Waals surface area contributed by atoms with Crippen molar-refractivity contribution in [1.82, 2.24) is 4.98 Å². The smallest absolute Gasteiger partial charge is 0.186 e. The monoisotopic (exact) mass is 242 g/mol. The molecule has 2 aromatic rings. The number of hydrogen-bond donors (Lipinski definition) is 3. The van der Waals surface area contributed by atoms with Gasteiger partial charge in [-0.25, -0.2) is 4.99 Å². The van der Waals surface area contributed by atoms with Crippen LogP contribution < -0.4 is 11.5 Å². The van der Waals surface area contributed by atoms with Gasteiger partial charge in [-0.15, -0.1) is 0 Å². The zero-order chi connectivity index (χ0) is 12.5. The lowest BCUT2D eigenvalue weighted by molar-refractivity contribution is 0.679. The Labute approximate surface area is 106 Å². The number of nitrogens with two attached hydrogens (primary N) is 2. The van der Waals surface area contributed by atoms with Crippen molar-refractivity contribution in [3.63, 3.8) is 0 Å². The summed E-state index contributed by atoms with van der Waals surface area (Å²) >= 11 is 0. The highest BCUT2D eigenvalue weighted by molar-refractivity contribution is 5.88. The molecule has 1 aromatic heterocycles. The van der Waals surface area contributed by atoms with Crippen LogP contribution >= 0.6 is 0 Å². The van der Waals surface area contributed by atoms with Crippen LogP contribution in [-0.4, -0.2) is 10.9 Å². The maximum Gasteiger partial charge on any atom is 0.186 e. The molecule has 0 atom stereocenters. The van der Waals surface area contributed by atoms with E-state index >= 15 is 0 Å². The zero-order valence-corrected chi connectivity index (χ0v) is 10.4. The van der Waals surface area contributed by atoms with Gasteiger partial charge in [0.05, 0.1) is 6.54 Å². The molecule has 0 saturated carbocycles. The van der Waals surface area contributed by atoms with Crippen molar-refractivity contribution in [2.45, 2.75) is 32.2 Å². The first-order valence-corrected chi connectivity index (χ1v) is 6.42. The van der Waals surface area contributed by atoms with Crippen LogP contribution in [-0.2, 0) is 19.4 Å². The largest absolute Gasteiger partial charge is 0.370 e. The lowest BCUT2D eigenvalue weighted by Gasteiger charge is -2.11. The van der Waals surface area contributed by atoms with Gasteiger partial charge in [0, 0.05) is 16.6 Å². The highest BCUT2D eigenvalue weighted by atomic mass is 15.0. The first-order valence-electron chi connectivity index (χ1n) is 6.42. The van der Waals surface area contributed by atoms with Gasteiger partial charge in [0.1, 0.15) is 0 Å². The maximum absolute atomic E-state index is 5.42. The molecule has 0 saturated heterocycles. The van der Waals surface area contributed by atoms with Gasteiger partial charge in [-0.05, 0) is 42.9 Å². The lowest BCUT2D eigenvalue weighted by Crippen LogP contribution is -2.22. The van der Waals surface area contributed by atoms with Gasteiger partial charge >= 0.3 is 0 Å². The minimum Gasteiger partial charge on any atom is -0.370 e. The molecule has 94 valence electrons. The van der Waals surface area contributed by atoms with E-state index < -0.39 is 0 Å². The number of H-pyrrole nitrogens is 1. The zero-order valence-electron chi connectivity index (χ0n) is 10.4. The van der Waals surface area contributed by atoms with Crippen molar-refractivity contribution >= 4 is 16.9 Å². The first-order chi connectivity index (χ1) is 8.75. The Bertz CT molecular complexity index is 606. The molecule has 0 fully saturated rings. The summed E-state index contributed by atoms with van der Waals surface area (Å²) in [5.41, 5.74) is 16.1. The van der Waals surface area contributed by atoms with Crippen molar-refractivity contribution in [2.75, 3.05) is 0 Å². The van der Waals surface area contributed by atoms with Crippen molar-refractivity contribution in [3.05, 3.63) is 35.0 Å². The second kappa shape index (κ2) is 4.37. The molecular formula is C14H18N4. The molecule has 1 heterocycles. The Hall–Kier alpha value is -1.97. The third kappa shape index (κ3) is 1.83. The van der Waals surface area contributed by atoms with Crippen LogP contribution in [0.25, 0.3) is 10.9 Å². The molecule has 0 bridgehead atoms. The van der Waals surface area contributed by atoms with E-state index in [0.717, 1.165) is 12.8 Å². The van der Waals surface area contributed by atoms with E-state index in [-0.39, 0.29) is 5.96 Å². The standard InChI is InChI=1S/C14H18N4/c15-14(16)17-8-9-4-3-7-12-13(9)10-5-1-2-6-11(10)18-12/h3-4,7,18H,1-2,5-6,8H2,(H4,15,16,17). The topological polar surface area (TPSA) is 80.2 Å². The van der Waals surface area contributed by atoms with Crippen LogP contribution in [0.2, 0.25) is 0 Å². The molecule has 3 rings (SSSR count). The van der Waals surface area contributed by atoms with Gasteiger partial charge in [-0.1, -0.05) is 12.1 Å². The summed E-state index contributed by atoms with van der Waals surface area (Å²) in [6.07, 6.45) is 4.87. The number of aryl methyl sites for hydroxylation is 2. The number of nitrogens with one attached hydrogen (secondary N) is 1. The number of guanidine groups is 1. The molecule has 0 unspecified atom stereocenters. The molecule has 0 radical (unpaired) electrons. The Morgan fingerprint density at radius 1 is 1.22 bits per heavy atom. The number of aromatic nitrogens is 1. The predicted molar refractivity (Wildman–Crippen MR) is 74.5 cm³/mol. The van der Waals surface area contributed by atoms with E-state index in [1.54, 1.807) is 0 Å². The summed E-state index contributed by atoms with van der Waals surface area (Å²) in [6.45, 7) is 0.559. The van der Waals surface area contributed by atoms with E-state index in [2.05, 4.69) is 28.2 Å². The third-order valence-electron chi connectivity index (χ3n) is 3.64. The van der Waals surface area contributed by atoms with Crippen molar-refractivity contribution < 1.29 is 0 Å². The Morgan fingerprint density at radius 2 is 2.06 bits per heavy atom. The molecule has 1 aromatic carbocycles. The van der Waals surface area contributed by atoms with Crippen LogP contribution in [0.4, 0.5) is 0 Å². The second-order valence-electron chi connectivity index (χ2n) is 4.87. The average molecular weight is 242 g/mol. The van der Waals surface area contributed by atoms with Crippen LogP contribution in [0.5, 0.6) is 0 Å². The molecule has 5 N–H and O–H groups in total. The SMILES string of the molecule is NC(N)=NCc1cccc2[nH]c3c(c12)CCCC3. The normalized spacial score (nSPS) is 14.4. The number of benzene rings is 1. The Kier molecular flexibility index (Phi) is 2.70. The van der Waals surface area contributed by atoms with Gasteiger partial charge < -0.3 is 16.5 Å². The third-order valence-corrected chi connectivity index (χ3v) is 3.64. The summed E-state index contributed by atoms with van der Waals surface area (Å²) in [4.78, 5) is 7.66. The van der Waals surface area contributed by atoms with Crippen LogP contribution in [0.3, 0.4) is 0 Å². The van der Waals surface area contributed by atoms with Gasteiger partial charge in [-0.3, -0.25) is 0 Å². The molecule has 1 aliphatic carbocycles. The molecule has 4 nitrogen and oxygen atoms in total. The van der Waals surface area contributed by atoms with Gasteiger partial charge in [0.2, 0.25) is 0 Å². The lowest BCUT2D eigenvalue weighted by atomic mass is 9.94. The summed E-state index contributed by atoms with van der Waals surface area (Å²) in [5, 5.41) is 1.33. The first kappa shape index (κ1) is 11.1. The van der Waals surface area contributed by atoms with E-state index in [0.29, 0.717) is 6.54 Å². The summed E-state index contributed by atoms with van der Waals surface area (Å²) < 4.78 is 0. The molecule has 0 aliphatic heterocycles. The number of aliphatic imine (C=N–C) groups is 1. The minimum absolute atomic E-state index is 0.149. The minimum atomic E-state index is 0.149. The summed E-state index contributed by atoms with van der Waals surface area (Å²) in [6, 6.07) is 6.30. The Balaban J connectivity index is 2.13.